The van der Waals surface area contributed by atoms with Crippen LogP contribution in [-0.2, 0) is 6.54 Å². The Morgan fingerprint density at radius 2 is 1.89 bits per heavy atom. The van der Waals surface area contributed by atoms with Gasteiger partial charge in [0.1, 0.15) is 16.8 Å². The lowest BCUT2D eigenvalue weighted by Gasteiger charge is -2.26. The highest BCUT2D eigenvalue weighted by atomic mass is 16.7. The van der Waals surface area contributed by atoms with Crippen molar-refractivity contribution >= 4 is 22.6 Å². The summed E-state index contributed by atoms with van der Waals surface area (Å²) in [5.41, 5.74) is 2.41. The third kappa shape index (κ3) is 4.41. The Hall–Kier alpha value is -4.18. The number of fused-ring (bicyclic) bond motifs is 3. The van der Waals surface area contributed by atoms with Crippen molar-refractivity contribution in [3.05, 3.63) is 75.1 Å². The van der Waals surface area contributed by atoms with E-state index in [-0.39, 0.29) is 41.2 Å². The van der Waals surface area contributed by atoms with Crippen LogP contribution in [0.1, 0.15) is 40.7 Å². The molecule has 0 atom stereocenters. The smallest absolute Gasteiger partial charge is 0.267 e. The number of pyridine rings is 2. The summed E-state index contributed by atoms with van der Waals surface area (Å²) in [4.78, 5) is 34.0. The molecule has 1 saturated heterocycles. The van der Waals surface area contributed by atoms with Gasteiger partial charge in [0.2, 0.25) is 6.79 Å². The topological polar surface area (TPSA) is 114 Å². The summed E-state index contributed by atoms with van der Waals surface area (Å²) in [6.07, 6.45) is 5.29. The standard InChI is InChI=1S/C28H30N6O4/c1-18-6-5-12-33-25(18)31-26-21(28(33)36)15-20(27(35)30-9-13-32-10-3-2-4-11-32)24(29)34(26)16-19-7-8-22-23(14-19)38-17-37-22/h5-8,12,14-15,29H,2-4,9-11,13,16-17H2,1H3,(H,30,35). The molecule has 0 unspecified atom stereocenters. The van der Waals surface area contributed by atoms with E-state index < -0.39 is 0 Å². The molecule has 0 radical (unpaired) electrons. The zero-order valence-corrected chi connectivity index (χ0v) is 21.3. The van der Waals surface area contributed by atoms with E-state index in [1.165, 1.54) is 29.7 Å². The van der Waals surface area contributed by atoms with E-state index in [2.05, 4.69) is 10.2 Å². The number of nitrogens with zero attached hydrogens (tertiary/aromatic N) is 4. The molecule has 2 aliphatic heterocycles. The van der Waals surface area contributed by atoms with Gasteiger partial charge in [-0.3, -0.25) is 19.4 Å². The predicted octanol–water partition coefficient (Wildman–Crippen LogP) is 2.43. The Morgan fingerprint density at radius 1 is 1.08 bits per heavy atom. The maximum Gasteiger partial charge on any atom is 0.267 e. The van der Waals surface area contributed by atoms with E-state index in [9.17, 15) is 9.59 Å². The van der Waals surface area contributed by atoms with Crippen molar-refractivity contribution in [2.75, 3.05) is 33.0 Å². The van der Waals surface area contributed by atoms with E-state index in [4.69, 9.17) is 19.9 Å². The zero-order valence-electron chi connectivity index (χ0n) is 21.3. The first-order chi connectivity index (χ1) is 18.5. The third-order valence-corrected chi connectivity index (χ3v) is 7.32. The highest BCUT2D eigenvalue weighted by Crippen LogP contribution is 2.32. The molecule has 10 nitrogen and oxygen atoms in total. The fraction of sp³-hybridized carbons (Fsp3) is 0.357. The molecule has 0 bridgehead atoms. The van der Waals surface area contributed by atoms with Crippen LogP contribution >= 0.6 is 0 Å². The summed E-state index contributed by atoms with van der Waals surface area (Å²) in [6, 6.07) is 10.8. The number of amides is 1. The molecular weight excluding hydrogens is 484 g/mol. The molecule has 1 fully saturated rings. The van der Waals surface area contributed by atoms with E-state index in [0.717, 1.165) is 30.8 Å². The van der Waals surface area contributed by atoms with E-state index >= 15 is 0 Å². The lowest BCUT2D eigenvalue weighted by Crippen LogP contribution is -2.40. The molecule has 5 heterocycles. The predicted molar refractivity (Wildman–Crippen MR) is 142 cm³/mol. The number of piperidine rings is 1. The van der Waals surface area contributed by atoms with E-state index in [1.54, 1.807) is 16.8 Å². The number of aryl methyl sites for hydroxylation is 1. The number of hydrogen-bond acceptors (Lipinski definition) is 7. The zero-order chi connectivity index (χ0) is 26.2. The minimum absolute atomic E-state index is 0.00419. The van der Waals surface area contributed by atoms with Gasteiger partial charge in [-0.1, -0.05) is 18.6 Å². The van der Waals surface area contributed by atoms with Crippen LogP contribution in [0.3, 0.4) is 0 Å². The summed E-state index contributed by atoms with van der Waals surface area (Å²) >= 11 is 0. The van der Waals surface area contributed by atoms with Crippen molar-refractivity contribution < 1.29 is 14.3 Å². The normalized spacial score (nSPS) is 15.3. The van der Waals surface area contributed by atoms with Crippen LogP contribution in [0, 0.1) is 12.3 Å². The first-order valence-electron chi connectivity index (χ1n) is 13.0. The van der Waals surface area contributed by atoms with Gasteiger partial charge in [-0.05, 0) is 68.2 Å². The Labute approximate surface area is 218 Å². The van der Waals surface area contributed by atoms with Gasteiger partial charge < -0.3 is 24.3 Å². The number of nitrogens with one attached hydrogen (secondary N) is 2. The quantitative estimate of drug-likeness (QED) is 0.382. The van der Waals surface area contributed by atoms with Crippen molar-refractivity contribution in [1.29, 1.82) is 5.41 Å². The van der Waals surface area contributed by atoms with Crippen LogP contribution in [0.5, 0.6) is 11.5 Å². The minimum Gasteiger partial charge on any atom is -0.454 e. The maximum absolute atomic E-state index is 13.6. The molecule has 196 valence electrons. The number of hydrogen-bond donors (Lipinski definition) is 2. The molecule has 0 saturated carbocycles. The second kappa shape index (κ2) is 9.94. The Balaban J connectivity index is 1.43. The molecule has 2 N–H and O–H groups in total. The highest BCUT2D eigenvalue weighted by Gasteiger charge is 2.20. The Bertz CT molecular complexity index is 1670. The van der Waals surface area contributed by atoms with E-state index in [0.29, 0.717) is 29.3 Å². The SMILES string of the molecule is Cc1cccn2c(=O)c3cc(C(=O)NCCN4CCCCC4)c(=N)n(Cc4ccc5c(c4)OCO5)c3nc12. The van der Waals surface area contributed by atoms with Crippen molar-refractivity contribution in [2.45, 2.75) is 32.7 Å². The third-order valence-electron chi connectivity index (χ3n) is 7.32. The van der Waals surface area contributed by atoms with Gasteiger partial charge in [-0.25, -0.2) is 4.98 Å². The van der Waals surface area contributed by atoms with Gasteiger partial charge in [0.15, 0.2) is 11.5 Å². The fourth-order valence-corrected chi connectivity index (χ4v) is 5.25. The second-order valence-corrected chi connectivity index (χ2v) is 9.88. The molecule has 0 spiro atoms. The fourth-order valence-electron chi connectivity index (χ4n) is 5.25. The van der Waals surface area contributed by atoms with Crippen LogP contribution < -0.4 is 25.8 Å². The number of likely N-dealkylation sites (tertiary alicyclic amines) is 1. The number of carbonyl (C=O) groups is 1. The molecule has 3 aromatic heterocycles. The van der Waals surface area contributed by atoms with Crippen LogP contribution in [-0.4, -0.2) is 57.7 Å². The Morgan fingerprint density at radius 3 is 2.74 bits per heavy atom. The average molecular weight is 515 g/mol. The molecule has 10 heteroatoms. The molecule has 0 aliphatic carbocycles. The molecular formula is C28H30N6O4. The van der Waals surface area contributed by atoms with Gasteiger partial charge >= 0.3 is 0 Å². The average Bonchev–Trinajstić information content (AvgIpc) is 3.40. The summed E-state index contributed by atoms with van der Waals surface area (Å²) < 4.78 is 14.1. The lowest BCUT2D eigenvalue weighted by atomic mass is 10.1. The van der Waals surface area contributed by atoms with Gasteiger partial charge in [-0.2, -0.15) is 0 Å². The maximum atomic E-state index is 13.6. The largest absolute Gasteiger partial charge is 0.454 e. The first-order valence-corrected chi connectivity index (χ1v) is 13.0. The molecule has 38 heavy (non-hydrogen) atoms. The molecule has 1 amide bonds. The van der Waals surface area contributed by atoms with Gasteiger partial charge in [0, 0.05) is 19.3 Å². The second-order valence-electron chi connectivity index (χ2n) is 9.88. The van der Waals surface area contributed by atoms with Gasteiger partial charge in [0.05, 0.1) is 17.5 Å². The number of benzene rings is 1. The van der Waals surface area contributed by atoms with Gasteiger partial charge in [0.25, 0.3) is 11.5 Å². The van der Waals surface area contributed by atoms with Crippen LogP contribution in [0.2, 0.25) is 0 Å². The summed E-state index contributed by atoms with van der Waals surface area (Å²) in [5.74, 6) is 0.913. The van der Waals surface area contributed by atoms with Crippen molar-refractivity contribution in [3.63, 3.8) is 0 Å². The number of aromatic nitrogens is 3. The molecule has 6 rings (SSSR count). The molecule has 4 aromatic rings. The van der Waals surface area contributed by atoms with Gasteiger partial charge in [-0.15, -0.1) is 0 Å². The lowest BCUT2D eigenvalue weighted by molar-refractivity contribution is 0.0944. The van der Waals surface area contributed by atoms with E-state index in [1.807, 2.05) is 31.2 Å². The van der Waals surface area contributed by atoms with Crippen molar-refractivity contribution in [2.24, 2.45) is 0 Å². The summed E-state index contributed by atoms with van der Waals surface area (Å²) in [5, 5.41) is 12.3. The Kier molecular flexibility index (Phi) is 6.32. The highest BCUT2D eigenvalue weighted by molar-refractivity contribution is 5.96. The number of ether oxygens (including phenoxy) is 2. The van der Waals surface area contributed by atoms with Crippen molar-refractivity contribution in [3.8, 4) is 11.5 Å². The number of rotatable bonds is 6. The summed E-state index contributed by atoms with van der Waals surface area (Å²) in [7, 11) is 0. The number of carbonyl (C=O) groups excluding carboxylic acids is 1. The van der Waals surface area contributed by atoms with Crippen LogP contribution in [0.25, 0.3) is 16.7 Å². The monoisotopic (exact) mass is 514 g/mol. The minimum atomic E-state index is -0.373. The van der Waals surface area contributed by atoms with Crippen LogP contribution in [0.15, 0.2) is 47.4 Å². The molecule has 1 aromatic carbocycles. The van der Waals surface area contributed by atoms with Crippen LogP contribution in [0.4, 0.5) is 0 Å². The molecule has 2 aliphatic rings. The van der Waals surface area contributed by atoms with Crippen molar-refractivity contribution in [1.82, 2.24) is 24.2 Å². The summed E-state index contributed by atoms with van der Waals surface area (Å²) in [6.45, 7) is 5.61. The first kappa shape index (κ1) is 24.2.